The second-order valence-electron chi connectivity index (χ2n) is 4.09. The van der Waals surface area contributed by atoms with Gasteiger partial charge in [-0.25, -0.2) is 14.4 Å². The zero-order valence-electron chi connectivity index (χ0n) is 8.30. The summed E-state index contributed by atoms with van der Waals surface area (Å²) in [6.07, 6.45) is 3.21. The molecule has 2 nitrogen and oxygen atoms in total. The maximum Gasteiger partial charge on any atom is 0.197 e. The van der Waals surface area contributed by atoms with Crippen LogP contribution in [0.15, 0.2) is 0 Å². The fourth-order valence-electron chi connectivity index (χ4n) is 2.03. The highest BCUT2D eigenvalue weighted by molar-refractivity contribution is 6.33. The summed E-state index contributed by atoms with van der Waals surface area (Å²) in [5, 5.41) is -0.353. The molecule has 0 saturated heterocycles. The predicted octanol–water partition coefficient (Wildman–Crippen LogP) is 3.83. The van der Waals surface area contributed by atoms with Crippen molar-refractivity contribution in [1.82, 2.24) is 9.97 Å². The lowest BCUT2D eigenvalue weighted by Crippen LogP contribution is -2.03. The lowest BCUT2D eigenvalue weighted by atomic mass is 10.1. The molecule has 2 atom stereocenters. The van der Waals surface area contributed by atoms with Gasteiger partial charge in [0.2, 0.25) is 0 Å². The number of hydrogen-bond donors (Lipinski definition) is 0. The molecule has 0 N–H and O–H groups in total. The van der Waals surface area contributed by atoms with Crippen molar-refractivity contribution in [1.29, 1.82) is 0 Å². The van der Waals surface area contributed by atoms with E-state index in [9.17, 15) is 4.39 Å². The molecule has 2 unspecified atom stereocenters. The Morgan fingerprint density at radius 3 is 2.27 bits per heavy atom. The van der Waals surface area contributed by atoms with Crippen LogP contribution in [0, 0.1) is 11.7 Å². The van der Waals surface area contributed by atoms with Crippen LogP contribution in [-0.4, -0.2) is 9.97 Å². The molecule has 0 bridgehead atoms. The minimum absolute atomic E-state index is 0.176. The molecule has 0 aliphatic heterocycles. The maximum atomic E-state index is 13.1. The van der Waals surface area contributed by atoms with Gasteiger partial charge in [0.25, 0.3) is 0 Å². The SMILES string of the molecule is CC1CCC(c2nc(Cl)c(F)c(Cl)n2)C1. The number of hydrogen-bond acceptors (Lipinski definition) is 2. The van der Waals surface area contributed by atoms with Gasteiger partial charge in [-0.2, -0.15) is 0 Å². The van der Waals surface area contributed by atoms with E-state index in [-0.39, 0.29) is 16.2 Å². The van der Waals surface area contributed by atoms with Gasteiger partial charge in [0.1, 0.15) is 5.82 Å². The van der Waals surface area contributed by atoms with Crippen molar-refractivity contribution in [2.45, 2.75) is 32.1 Å². The van der Waals surface area contributed by atoms with Gasteiger partial charge in [-0.1, -0.05) is 30.1 Å². The Morgan fingerprint density at radius 1 is 1.20 bits per heavy atom. The molecule has 0 aromatic carbocycles. The molecule has 1 saturated carbocycles. The van der Waals surface area contributed by atoms with Crippen molar-refractivity contribution >= 4 is 23.2 Å². The topological polar surface area (TPSA) is 25.8 Å². The molecule has 2 rings (SSSR count). The Morgan fingerprint density at radius 2 is 1.80 bits per heavy atom. The van der Waals surface area contributed by atoms with Crippen LogP contribution >= 0.6 is 23.2 Å². The van der Waals surface area contributed by atoms with Gasteiger partial charge in [0.15, 0.2) is 16.1 Å². The molecule has 1 aromatic heterocycles. The molecule has 1 aliphatic carbocycles. The lowest BCUT2D eigenvalue weighted by Gasteiger charge is -2.08. The van der Waals surface area contributed by atoms with Crippen molar-refractivity contribution in [3.63, 3.8) is 0 Å². The lowest BCUT2D eigenvalue weighted by molar-refractivity contribution is 0.572. The van der Waals surface area contributed by atoms with E-state index in [0.29, 0.717) is 11.7 Å². The first-order valence-electron chi connectivity index (χ1n) is 4.96. The largest absolute Gasteiger partial charge is 0.218 e. The molecule has 1 fully saturated rings. The maximum absolute atomic E-state index is 13.1. The van der Waals surface area contributed by atoms with Crippen LogP contribution in [0.5, 0.6) is 0 Å². The zero-order valence-corrected chi connectivity index (χ0v) is 9.82. The molecule has 0 spiro atoms. The molecule has 0 amide bonds. The van der Waals surface area contributed by atoms with Crippen molar-refractivity contribution in [3.8, 4) is 0 Å². The summed E-state index contributed by atoms with van der Waals surface area (Å²) < 4.78 is 13.1. The van der Waals surface area contributed by atoms with E-state index in [2.05, 4.69) is 16.9 Å². The fourth-order valence-corrected chi connectivity index (χ4v) is 2.43. The molecule has 82 valence electrons. The third kappa shape index (κ3) is 2.23. The molecule has 5 heteroatoms. The summed E-state index contributed by atoms with van der Waals surface area (Å²) >= 11 is 11.2. The Balaban J connectivity index is 2.29. The molecule has 1 aliphatic rings. The minimum atomic E-state index is -0.729. The highest BCUT2D eigenvalue weighted by atomic mass is 35.5. The highest BCUT2D eigenvalue weighted by Crippen LogP contribution is 2.37. The summed E-state index contributed by atoms with van der Waals surface area (Å²) in [4.78, 5) is 7.89. The summed E-state index contributed by atoms with van der Waals surface area (Å²) in [5.74, 6) is 0.792. The first-order chi connectivity index (χ1) is 7.08. The van der Waals surface area contributed by atoms with Crippen LogP contribution in [0.1, 0.15) is 37.9 Å². The van der Waals surface area contributed by atoms with E-state index in [1.807, 2.05) is 0 Å². The van der Waals surface area contributed by atoms with E-state index in [1.165, 1.54) is 0 Å². The van der Waals surface area contributed by atoms with Crippen LogP contribution in [0.25, 0.3) is 0 Å². The first-order valence-corrected chi connectivity index (χ1v) is 5.72. The van der Waals surface area contributed by atoms with Crippen LogP contribution in [0.2, 0.25) is 10.3 Å². The number of rotatable bonds is 1. The standard InChI is InChI=1S/C10H11Cl2FN2/c1-5-2-3-6(4-5)10-14-8(11)7(13)9(12)15-10/h5-6H,2-4H2,1H3. The zero-order chi connectivity index (χ0) is 11.0. The second kappa shape index (κ2) is 4.22. The summed E-state index contributed by atoms with van der Waals surface area (Å²) in [7, 11) is 0. The summed E-state index contributed by atoms with van der Waals surface area (Å²) in [6, 6.07) is 0. The number of nitrogens with zero attached hydrogens (tertiary/aromatic N) is 2. The molecule has 1 aromatic rings. The van der Waals surface area contributed by atoms with Gasteiger partial charge in [0.05, 0.1) is 0 Å². The smallest absolute Gasteiger partial charge is 0.197 e. The second-order valence-corrected chi connectivity index (χ2v) is 4.81. The predicted molar refractivity (Wildman–Crippen MR) is 57.8 cm³/mol. The number of aromatic nitrogens is 2. The molecule has 1 heterocycles. The quantitative estimate of drug-likeness (QED) is 0.707. The van der Waals surface area contributed by atoms with Crippen LogP contribution in [0.3, 0.4) is 0 Å². The third-order valence-corrected chi connectivity index (χ3v) is 3.35. The van der Waals surface area contributed by atoms with Crippen LogP contribution in [-0.2, 0) is 0 Å². The van der Waals surface area contributed by atoms with Crippen molar-refractivity contribution in [2.24, 2.45) is 5.92 Å². The highest BCUT2D eigenvalue weighted by Gasteiger charge is 2.26. The van der Waals surface area contributed by atoms with Crippen molar-refractivity contribution < 1.29 is 4.39 Å². The Kier molecular flexibility index (Phi) is 3.12. The average Bonchev–Trinajstić information content (AvgIpc) is 2.60. The Bertz CT molecular complexity index is 361. The molecule has 0 radical (unpaired) electrons. The van der Waals surface area contributed by atoms with Crippen LogP contribution < -0.4 is 0 Å². The van der Waals surface area contributed by atoms with Gasteiger partial charge >= 0.3 is 0 Å². The molecule has 15 heavy (non-hydrogen) atoms. The Hall–Kier alpha value is -0.410. The van der Waals surface area contributed by atoms with Gasteiger partial charge in [0, 0.05) is 5.92 Å². The Labute approximate surface area is 97.8 Å². The third-order valence-electron chi connectivity index (χ3n) is 2.85. The van der Waals surface area contributed by atoms with E-state index in [1.54, 1.807) is 0 Å². The average molecular weight is 249 g/mol. The minimum Gasteiger partial charge on any atom is -0.218 e. The van der Waals surface area contributed by atoms with Crippen molar-refractivity contribution in [3.05, 3.63) is 21.9 Å². The van der Waals surface area contributed by atoms with E-state index in [4.69, 9.17) is 23.2 Å². The van der Waals surface area contributed by atoms with Crippen molar-refractivity contribution in [2.75, 3.05) is 0 Å². The molecular weight excluding hydrogens is 238 g/mol. The monoisotopic (exact) mass is 248 g/mol. The fraction of sp³-hybridized carbons (Fsp3) is 0.600. The first kappa shape index (κ1) is 11.1. The van der Waals surface area contributed by atoms with Gasteiger partial charge in [-0.05, 0) is 25.2 Å². The van der Waals surface area contributed by atoms with Crippen LogP contribution in [0.4, 0.5) is 4.39 Å². The summed E-state index contributed by atoms with van der Waals surface area (Å²) in [5.41, 5.74) is 0. The van der Waals surface area contributed by atoms with Gasteiger partial charge in [-0.3, -0.25) is 0 Å². The van der Waals surface area contributed by atoms with E-state index in [0.717, 1.165) is 19.3 Å². The normalized spacial score (nSPS) is 25.9. The van der Waals surface area contributed by atoms with E-state index < -0.39 is 5.82 Å². The summed E-state index contributed by atoms with van der Waals surface area (Å²) in [6.45, 7) is 2.19. The van der Waals surface area contributed by atoms with Gasteiger partial charge in [-0.15, -0.1) is 0 Å². The van der Waals surface area contributed by atoms with E-state index >= 15 is 0 Å². The number of halogens is 3. The molecular formula is C10H11Cl2FN2. The van der Waals surface area contributed by atoms with Gasteiger partial charge < -0.3 is 0 Å².